The Balaban J connectivity index is 1.86. The van der Waals surface area contributed by atoms with Crippen LogP contribution in [0.5, 0.6) is 0 Å². The minimum absolute atomic E-state index is 0.101. The molecule has 2 saturated carbocycles. The number of nitrogens with one attached hydrogen (secondary N) is 1. The Bertz CT molecular complexity index is 399. The first-order valence-electron chi connectivity index (χ1n) is 8.26. The summed E-state index contributed by atoms with van der Waals surface area (Å²) in [6.45, 7) is 4.14. The third-order valence-corrected chi connectivity index (χ3v) is 5.39. The molecular weight excluding hydrogens is 252 g/mol. The lowest BCUT2D eigenvalue weighted by atomic mass is 9.91. The van der Waals surface area contributed by atoms with Crippen molar-refractivity contribution in [2.45, 2.75) is 76.9 Å². The van der Waals surface area contributed by atoms with Crippen molar-refractivity contribution in [3.63, 3.8) is 0 Å². The molecule has 1 heterocycles. The molecule has 0 aromatic rings. The Hall–Kier alpha value is -1.06. The van der Waals surface area contributed by atoms with E-state index in [1.54, 1.807) is 0 Å². The van der Waals surface area contributed by atoms with Crippen LogP contribution in [0.15, 0.2) is 0 Å². The highest BCUT2D eigenvalue weighted by molar-refractivity contribution is 5.97. The Kier molecular flexibility index (Phi) is 3.74. The zero-order chi connectivity index (χ0) is 14.3. The first kappa shape index (κ1) is 13.9. The molecular formula is C16H26N2O2. The molecule has 0 spiro atoms. The largest absolute Gasteiger partial charge is 0.342 e. The van der Waals surface area contributed by atoms with Gasteiger partial charge in [-0.15, -0.1) is 0 Å². The molecule has 0 aromatic carbocycles. The average molecular weight is 278 g/mol. The van der Waals surface area contributed by atoms with E-state index in [2.05, 4.69) is 19.2 Å². The predicted octanol–water partition coefficient (Wildman–Crippen LogP) is 2.08. The number of nitrogens with zero attached hydrogens (tertiary/aromatic N) is 1. The predicted molar refractivity (Wildman–Crippen MR) is 77.0 cm³/mol. The van der Waals surface area contributed by atoms with Gasteiger partial charge in [0.1, 0.15) is 12.1 Å². The fraction of sp³-hybridized carbons (Fsp3) is 0.875. The van der Waals surface area contributed by atoms with E-state index >= 15 is 0 Å². The van der Waals surface area contributed by atoms with E-state index in [0.29, 0.717) is 12.0 Å². The molecule has 2 amide bonds. The molecule has 4 nitrogen and oxygen atoms in total. The first-order chi connectivity index (χ1) is 9.63. The highest BCUT2D eigenvalue weighted by Crippen LogP contribution is 2.40. The molecule has 3 aliphatic rings. The van der Waals surface area contributed by atoms with Gasteiger partial charge >= 0.3 is 0 Å². The SMILES string of the molecule is CCC(C)C1NC(=O)C(C2CC2)N(C2CCCC2)C1=O. The maximum atomic E-state index is 12.9. The fourth-order valence-electron chi connectivity index (χ4n) is 3.79. The number of amides is 2. The van der Waals surface area contributed by atoms with Crippen LogP contribution in [0.4, 0.5) is 0 Å². The molecule has 2 aliphatic carbocycles. The Labute approximate surface area is 121 Å². The second-order valence-corrected chi connectivity index (χ2v) is 6.84. The van der Waals surface area contributed by atoms with Crippen LogP contribution < -0.4 is 5.32 Å². The summed E-state index contributed by atoms with van der Waals surface area (Å²) in [6.07, 6.45) is 7.67. The van der Waals surface area contributed by atoms with Gasteiger partial charge in [0.25, 0.3) is 0 Å². The van der Waals surface area contributed by atoms with E-state index in [1.807, 2.05) is 4.90 Å². The average Bonchev–Trinajstić information content (AvgIpc) is 3.14. The van der Waals surface area contributed by atoms with E-state index in [4.69, 9.17) is 0 Å². The van der Waals surface area contributed by atoms with Crippen LogP contribution in [0.2, 0.25) is 0 Å². The number of hydrogen-bond acceptors (Lipinski definition) is 2. The molecule has 1 aliphatic heterocycles. The molecule has 112 valence electrons. The second-order valence-electron chi connectivity index (χ2n) is 6.84. The molecule has 4 heteroatoms. The van der Waals surface area contributed by atoms with Crippen LogP contribution in [-0.4, -0.2) is 34.8 Å². The Morgan fingerprint density at radius 1 is 1.20 bits per heavy atom. The van der Waals surface area contributed by atoms with E-state index in [-0.39, 0.29) is 29.8 Å². The number of piperazine rings is 1. The van der Waals surface area contributed by atoms with Crippen LogP contribution in [0.3, 0.4) is 0 Å². The standard InChI is InChI=1S/C16H26N2O2/c1-3-10(2)13-16(20)18(12-6-4-5-7-12)14(11-8-9-11)15(19)17-13/h10-14H,3-9H2,1-2H3,(H,17,19). The second kappa shape index (κ2) is 5.38. The summed E-state index contributed by atoms with van der Waals surface area (Å²) in [5.41, 5.74) is 0. The van der Waals surface area contributed by atoms with Crippen molar-refractivity contribution < 1.29 is 9.59 Å². The molecule has 3 rings (SSSR count). The maximum absolute atomic E-state index is 12.9. The summed E-state index contributed by atoms with van der Waals surface area (Å²) in [5.74, 6) is 0.917. The lowest BCUT2D eigenvalue weighted by molar-refractivity contribution is -0.154. The lowest BCUT2D eigenvalue weighted by Crippen LogP contribution is -2.67. The molecule has 3 atom stereocenters. The smallest absolute Gasteiger partial charge is 0.246 e. The minimum atomic E-state index is -0.303. The van der Waals surface area contributed by atoms with Gasteiger partial charge in [0.2, 0.25) is 11.8 Å². The Morgan fingerprint density at radius 2 is 1.85 bits per heavy atom. The minimum Gasteiger partial charge on any atom is -0.342 e. The van der Waals surface area contributed by atoms with Crippen LogP contribution >= 0.6 is 0 Å². The number of carbonyl (C=O) groups is 2. The monoisotopic (exact) mass is 278 g/mol. The quantitative estimate of drug-likeness (QED) is 0.856. The van der Waals surface area contributed by atoms with Crippen molar-refractivity contribution in [3.05, 3.63) is 0 Å². The van der Waals surface area contributed by atoms with Gasteiger partial charge < -0.3 is 10.2 Å². The van der Waals surface area contributed by atoms with Gasteiger partial charge in [0, 0.05) is 6.04 Å². The lowest BCUT2D eigenvalue weighted by Gasteiger charge is -2.44. The number of carbonyl (C=O) groups excluding carboxylic acids is 2. The van der Waals surface area contributed by atoms with Crippen LogP contribution in [0.1, 0.15) is 58.8 Å². The van der Waals surface area contributed by atoms with Gasteiger partial charge in [-0.3, -0.25) is 9.59 Å². The van der Waals surface area contributed by atoms with Gasteiger partial charge in [-0.05, 0) is 37.5 Å². The topological polar surface area (TPSA) is 49.4 Å². The van der Waals surface area contributed by atoms with Gasteiger partial charge in [0.15, 0.2) is 0 Å². The van der Waals surface area contributed by atoms with Crippen LogP contribution in [-0.2, 0) is 9.59 Å². The fourth-order valence-corrected chi connectivity index (χ4v) is 3.79. The zero-order valence-electron chi connectivity index (χ0n) is 12.6. The van der Waals surface area contributed by atoms with Gasteiger partial charge in [-0.1, -0.05) is 33.1 Å². The summed E-state index contributed by atoms with van der Waals surface area (Å²) < 4.78 is 0. The highest BCUT2D eigenvalue weighted by Gasteiger charge is 2.50. The van der Waals surface area contributed by atoms with Gasteiger partial charge in [0.05, 0.1) is 0 Å². The molecule has 1 N–H and O–H groups in total. The molecule has 0 bridgehead atoms. The van der Waals surface area contributed by atoms with Crippen molar-refractivity contribution >= 4 is 11.8 Å². The van der Waals surface area contributed by atoms with E-state index in [0.717, 1.165) is 32.1 Å². The number of rotatable bonds is 4. The normalized spacial score (nSPS) is 33.4. The van der Waals surface area contributed by atoms with Crippen molar-refractivity contribution in [1.29, 1.82) is 0 Å². The molecule has 0 aromatic heterocycles. The van der Waals surface area contributed by atoms with Crippen LogP contribution in [0.25, 0.3) is 0 Å². The summed E-state index contributed by atoms with van der Waals surface area (Å²) in [6, 6.07) is -0.167. The van der Waals surface area contributed by atoms with E-state index < -0.39 is 0 Å². The maximum Gasteiger partial charge on any atom is 0.246 e. The van der Waals surface area contributed by atoms with E-state index in [1.165, 1.54) is 12.8 Å². The van der Waals surface area contributed by atoms with Crippen molar-refractivity contribution in [3.8, 4) is 0 Å². The zero-order valence-corrected chi connectivity index (χ0v) is 12.6. The van der Waals surface area contributed by atoms with Crippen molar-refractivity contribution in [2.75, 3.05) is 0 Å². The number of hydrogen-bond donors (Lipinski definition) is 1. The Morgan fingerprint density at radius 3 is 2.40 bits per heavy atom. The highest BCUT2D eigenvalue weighted by atomic mass is 16.2. The molecule has 1 saturated heterocycles. The summed E-state index contributed by atoms with van der Waals surface area (Å²) in [4.78, 5) is 27.4. The van der Waals surface area contributed by atoms with Gasteiger partial charge in [-0.25, -0.2) is 0 Å². The molecule has 0 radical (unpaired) electrons. The molecule has 20 heavy (non-hydrogen) atoms. The summed E-state index contributed by atoms with van der Waals surface area (Å²) in [7, 11) is 0. The van der Waals surface area contributed by atoms with Gasteiger partial charge in [-0.2, -0.15) is 0 Å². The summed E-state index contributed by atoms with van der Waals surface area (Å²) >= 11 is 0. The summed E-state index contributed by atoms with van der Waals surface area (Å²) in [5, 5.41) is 3.01. The third kappa shape index (κ3) is 2.33. The van der Waals surface area contributed by atoms with Crippen molar-refractivity contribution in [1.82, 2.24) is 10.2 Å². The third-order valence-electron chi connectivity index (χ3n) is 5.39. The molecule has 3 fully saturated rings. The van der Waals surface area contributed by atoms with E-state index in [9.17, 15) is 9.59 Å². The van der Waals surface area contributed by atoms with Crippen LogP contribution in [0, 0.1) is 11.8 Å². The van der Waals surface area contributed by atoms with Crippen molar-refractivity contribution in [2.24, 2.45) is 11.8 Å². The first-order valence-corrected chi connectivity index (χ1v) is 8.26. The molecule has 3 unspecified atom stereocenters.